The Bertz CT molecular complexity index is 114. The van der Waals surface area contributed by atoms with E-state index in [-0.39, 0.29) is 5.60 Å². The van der Waals surface area contributed by atoms with Gasteiger partial charge >= 0.3 is 0 Å². The van der Waals surface area contributed by atoms with Crippen molar-refractivity contribution in [3.05, 3.63) is 0 Å². The van der Waals surface area contributed by atoms with Gasteiger partial charge in [0.05, 0.1) is 5.60 Å². The van der Waals surface area contributed by atoms with Crippen LogP contribution >= 0.6 is 0 Å². The molecule has 66 valence electrons. The Morgan fingerprint density at radius 1 is 1.27 bits per heavy atom. The predicted octanol–water partition coefficient (Wildman–Crippen LogP) is 2.73. The zero-order chi connectivity index (χ0) is 8.32. The van der Waals surface area contributed by atoms with Gasteiger partial charge in [-0.1, -0.05) is 39.5 Å². The molecule has 0 aromatic heterocycles. The van der Waals surface area contributed by atoms with E-state index in [0.717, 1.165) is 19.3 Å². The largest absolute Gasteiger partial charge is 0.390 e. The van der Waals surface area contributed by atoms with Crippen molar-refractivity contribution in [3.8, 4) is 0 Å². The molecule has 1 heteroatoms. The second-order valence-corrected chi connectivity index (χ2v) is 3.97. The van der Waals surface area contributed by atoms with Gasteiger partial charge in [-0.2, -0.15) is 0 Å². The first-order valence-corrected chi connectivity index (χ1v) is 4.91. The van der Waals surface area contributed by atoms with E-state index >= 15 is 0 Å². The molecule has 0 bridgehead atoms. The minimum Gasteiger partial charge on any atom is -0.390 e. The summed E-state index contributed by atoms with van der Waals surface area (Å²) in [6.07, 6.45) is 6.93. The number of hydrogen-bond acceptors (Lipinski definition) is 1. The van der Waals surface area contributed by atoms with E-state index in [0.29, 0.717) is 5.92 Å². The molecule has 0 aromatic carbocycles. The lowest BCUT2D eigenvalue weighted by Gasteiger charge is -2.37. The fraction of sp³-hybridized carbons (Fsp3) is 1.00. The zero-order valence-electron chi connectivity index (χ0n) is 7.77. The summed E-state index contributed by atoms with van der Waals surface area (Å²) < 4.78 is 0. The molecule has 1 rings (SSSR count). The summed E-state index contributed by atoms with van der Waals surface area (Å²) in [6, 6.07) is 0. The van der Waals surface area contributed by atoms with E-state index in [2.05, 4.69) is 13.8 Å². The Balaban J connectivity index is 2.49. The first-order chi connectivity index (χ1) is 5.19. The lowest BCUT2D eigenvalue weighted by Crippen LogP contribution is -2.38. The summed E-state index contributed by atoms with van der Waals surface area (Å²) in [7, 11) is 0. The molecule has 1 saturated carbocycles. The Morgan fingerprint density at radius 2 is 1.82 bits per heavy atom. The van der Waals surface area contributed by atoms with Gasteiger partial charge in [0.1, 0.15) is 0 Å². The van der Waals surface area contributed by atoms with E-state index in [1.165, 1.54) is 19.3 Å². The molecule has 1 nitrogen and oxygen atoms in total. The maximum absolute atomic E-state index is 10.1. The maximum atomic E-state index is 10.1. The average molecular weight is 156 g/mol. The molecule has 0 aliphatic heterocycles. The summed E-state index contributed by atoms with van der Waals surface area (Å²) in [6.45, 7) is 4.34. The molecule has 0 heterocycles. The van der Waals surface area contributed by atoms with Gasteiger partial charge in [-0.3, -0.25) is 0 Å². The van der Waals surface area contributed by atoms with Crippen LogP contribution in [0.2, 0.25) is 0 Å². The minimum atomic E-state index is -0.312. The molecule has 0 amide bonds. The molecule has 1 atom stereocenters. The van der Waals surface area contributed by atoms with Gasteiger partial charge < -0.3 is 5.11 Å². The molecule has 0 spiro atoms. The van der Waals surface area contributed by atoms with Gasteiger partial charge in [-0.25, -0.2) is 0 Å². The molecule has 0 unspecified atom stereocenters. The lowest BCUT2D eigenvalue weighted by atomic mass is 9.75. The van der Waals surface area contributed by atoms with Crippen molar-refractivity contribution in [2.24, 2.45) is 5.92 Å². The second-order valence-electron chi connectivity index (χ2n) is 3.97. The summed E-state index contributed by atoms with van der Waals surface area (Å²) in [5, 5.41) is 10.1. The molecule has 1 aliphatic rings. The van der Waals surface area contributed by atoms with Gasteiger partial charge in [0.25, 0.3) is 0 Å². The second kappa shape index (κ2) is 3.57. The Kier molecular flexibility index (Phi) is 2.94. The van der Waals surface area contributed by atoms with Gasteiger partial charge in [0.2, 0.25) is 0 Å². The monoisotopic (exact) mass is 156 g/mol. The third kappa shape index (κ3) is 1.96. The van der Waals surface area contributed by atoms with Crippen LogP contribution in [0.1, 0.15) is 52.4 Å². The van der Waals surface area contributed by atoms with Crippen molar-refractivity contribution in [2.45, 2.75) is 58.0 Å². The number of rotatable bonds is 2. The molecular formula is C10H20O. The highest BCUT2D eigenvalue weighted by atomic mass is 16.3. The zero-order valence-corrected chi connectivity index (χ0v) is 7.77. The van der Waals surface area contributed by atoms with E-state index in [1.54, 1.807) is 0 Å². The van der Waals surface area contributed by atoms with E-state index in [4.69, 9.17) is 0 Å². The molecule has 11 heavy (non-hydrogen) atoms. The minimum absolute atomic E-state index is 0.312. The highest BCUT2D eigenvalue weighted by Gasteiger charge is 2.33. The number of hydrogen-bond donors (Lipinski definition) is 1. The lowest BCUT2D eigenvalue weighted by molar-refractivity contribution is -0.0441. The van der Waals surface area contributed by atoms with Crippen LogP contribution in [-0.2, 0) is 0 Å². The van der Waals surface area contributed by atoms with Crippen LogP contribution in [0.4, 0.5) is 0 Å². The predicted molar refractivity (Wildman–Crippen MR) is 47.5 cm³/mol. The molecular weight excluding hydrogens is 136 g/mol. The van der Waals surface area contributed by atoms with Crippen LogP contribution in [0.3, 0.4) is 0 Å². The van der Waals surface area contributed by atoms with E-state index in [1.807, 2.05) is 0 Å². The van der Waals surface area contributed by atoms with E-state index < -0.39 is 0 Å². The number of aliphatic hydroxyl groups is 1. The van der Waals surface area contributed by atoms with Crippen molar-refractivity contribution in [3.63, 3.8) is 0 Å². The maximum Gasteiger partial charge on any atom is 0.0673 e. The molecule has 0 aromatic rings. The highest BCUT2D eigenvalue weighted by molar-refractivity contribution is 4.86. The molecule has 1 fully saturated rings. The average Bonchev–Trinajstić information content (AvgIpc) is 2.04. The SMILES string of the molecule is CC[C@H](C)C1(O)CCCCC1. The first kappa shape index (κ1) is 9.05. The fourth-order valence-electron chi connectivity index (χ4n) is 2.04. The van der Waals surface area contributed by atoms with Crippen molar-refractivity contribution in [1.82, 2.24) is 0 Å². The Labute approximate surface area is 69.8 Å². The molecule has 1 aliphatic carbocycles. The van der Waals surface area contributed by atoms with Crippen LogP contribution in [-0.4, -0.2) is 10.7 Å². The third-order valence-corrected chi connectivity index (χ3v) is 3.25. The summed E-state index contributed by atoms with van der Waals surface area (Å²) in [5.41, 5.74) is -0.312. The topological polar surface area (TPSA) is 20.2 Å². The highest BCUT2D eigenvalue weighted by Crippen LogP contribution is 2.35. The normalized spacial score (nSPS) is 26.5. The van der Waals surface area contributed by atoms with Crippen LogP contribution < -0.4 is 0 Å². The smallest absolute Gasteiger partial charge is 0.0673 e. The van der Waals surface area contributed by atoms with E-state index in [9.17, 15) is 5.11 Å². The van der Waals surface area contributed by atoms with Gasteiger partial charge in [0.15, 0.2) is 0 Å². The van der Waals surface area contributed by atoms with Gasteiger partial charge in [-0.15, -0.1) is 0 Å². The van der Waals surface area contributed by atoms with Crippen LogP contribution in [0.25, 0.3) is 0 Å². The van der Waals surface area contributed by atoms with Crippen LogP contribution in [0.15, 0.2) is 0 Å². The van der Waals surface area contributed by atoms with Gasteiger partial charge in [-0.05, 0) is 18.8 Å². The fourth-order valence-corrected chi connectivity index (χ4v) is 2.04. The van der Waals surface area contributed by atoms with Crippen molar-refractivity contribution in [2.75, 3.05) is 0 Å². The van der Waals surface area contributed by atoms with Crippen LogP contribution in [0.5, 0.6) is 0 Å². The van der Waals surface area contributed by atoms with Crippen LogP contribution in [0, 0.1) is 5.92 Å². The quantitative estimate of drug-likeness (QED) is 0.651. The first-order valence-electron chi connectivity index (χ1n) is 4.91. The summed E-state index contributed by atoms with van der Waals surface area (Å²) in [4.78, 5) is 0. The standard InChI is InChI=1S/C10H20O/c1-3-9(2)10(11)7-5-4-6-8-10/h9,11H,3-8H2,1-2H3/t9-/m0/s1. The molecule has 1 N–H and O–H groups in total. The van der Waals surface area contributed by atoms with Gasteiger partial charge in [0, 0.05) is 0 Å². The van der Waals surface area contributed by atoms with Crippen molar-refractivity contribution < 1.29 is 5.11 Å². The van der Waals surface area contributed by atoms with Crippen molar-refractivity contribution >= 4 is 0 Å². The van der Waals surface area contributed by atoms with Crippen molar-refractivity contribution in [1.29, 1.82) is 0 Å². The third-order valence-electron chi connectivity index (χ3n) is 3.25. The Morgan fingerprint density at radius 3 is 2.27 bits per heavy atom. The molecule has 0 saturated heterocycles. The summed E-state index contributed by atoms with van der Waals surface area (Å²) >= 11 is 0. The summed E-state index contributed by atoms with van der Waals surface area (Å²) in [5.74, 6) is 0.489. The Hall–Kier alpha value is -0.0400. The molecule has 0 radical (unpaired) electrons.